The molecule has 3 unspecified atom stereocenters. The van der Waals surface area contributed by atoms with Crippen molar-refractivity contribution in [3.05, 3.63) is 59.7 Å². The molecule has 0 fully saturated rings. The minimum atomic E-state index is -4.88. The average Bonchev–Trinajstić information content (AvgIpc) is 2.90. The standard InChI is InChI=1S/C30H49N2O7P/c1-10-30(39-40(34,35)36,25-14-12-16-27(20-25)38-9)23(3)28(32(6)7)17-18-29(33,22(2)21-31(4)5)24-13-11-15-26(19-24)37-8/h11-16,19-20,22-23,28,33H,10,17-18,21H2,1-9H3,(H2,34,35,36)/t22-,23?,28?,29+,30?/m1/s1. The molecule has 5 atom stereocenters. The summed E-state index contributed by atoms with van der Waals surface area (Å²) in [5, 5.41) is 12.3. The largest absolute Gasteiger partial charge is 0.497 e. The summed E-state index contributed by atoms with van der Waals surface area (Å²) < 4.78 is 28.9. The monoisotopic (exact) mass is 580 g/mol. The number of nitrogens with zero attached hydrogens (tertiary/aromatic N) is 2. The molecule has 2 aromatic carbocycles. The smallest absolute Gasteiger partial charge is 0.470 e. The van der Waals surface area contributed by atoms with E-state index in [1.165, 1.54) is 0 Å². The van der Waals surface area contributed by atoms with E-state index in [2.05, 4.69) is 4.90 Å². The van der Waals surface area contributed by atoms with E-state index >= 15 is 0 Å². The molecule has 226 valence electrons. The van der Waals surface area contributed by atoms with Crippen molar-refractivity contribution in [3.8, 4) is 11.5 Å². The molecule has 0 aliphatic carbocycles. The molecule has 0 aromatic heterocycles. The first-order chi connectivity index (χ1) is 18.6. The van der Waals surface area contributed by atoms with Crippen LogP contribution in [0, 0.1) is 11.8 Å². The Hall–Kier alpha value is -1.97. The Morgan fingerprint density at radius 1 is 0.925 bits per heavy atom. The molecular formula is C30H49N2O7P. The van der Waals surface area contributed by atoms with Crippen LogP contribution in [0.25, 0.3) is 0 Å². The third-order valence-electron chi connectivity index (χ3n) is 8.19. The van der Waals surface area contributed by atoms with Gasteiger partial charge >= 0.3 is 7.82 Å². The molecule has 0 spiro atoms. The van der Waals surface area contributed by atoms with Crippen LogP contribution in [-0.4, -0.2) is 79.7 Å². The van der Waals surface area contributed by atoms with Gasteiger partial charge in [-0.15, -0.1) is 0 Å². The van der Waals surface area contributed by atoms with E-state index in [1.54, 1.807) is 32.4 Å². The molecule has 9 nitrogen and oxygen atoms in total. The second kappa shape index (κ2) is 14.3. The number of ether oxygens (including phenoxy) is 2. The maximum absolute atomic E-state index is 12.4. The summed E-state index contributed by atoms with van der Waals surface area (Å²) in [5.41, 5.74) is -1.10. The van der Waals surface area contributed by atoms with Gasteiger partial charge in [0.15, 0.2) is 0 Å². The van der Waals surface area contributed by atoms with Crippen molar-refractivity contribution < 1.29 is 33.5 Å². The van der Waals surface area contributed by atoms with Crippen molar-refractivity contribution in [2.45, 2.75) is 57.3 Å². The normalized spacial score (nSPS) is 17.6. The van der Waals surface area contributed by atoms with Crippen molar-refractivity contribution in [3.63, 3.8) is 0 Å². The van der Waals surface area contributed by atoms with Crippen molar-refractivity contribution in [2.75, 3.05) is 49.0 Å². The molecule has 0 aliphatic heterocycles. The molecule has 40 heavy (non-hydrogen) atoms. The maximum Gasteiger partial charge on any atom is 0.470 e. The summed E-state index contributed by atoms with van der Waals surface area (Å²) in [7, 11) is 6.12. The number of hydrogen-bond acceptors (Lipinski definition) is 7. The molecule has 0 amide bonds. The van der Waals surface area contributed by atoms with E-state index in [9.17, 15) is 19.5 Å². The zero-order valence-electron chi connectivity index (χ0n) is 25.5. The van der Waals surface area contributed by atoms with E-state index in [0.29, 0.717) is 42.9 Å². The predicted octanol–water partition coefficient (Wildman–Crippen LogP) is 4.85. The van der Waals surface area contributed by atoms with Crippen LogP contribution in [-0.2, 0) is 20.3 Å². The van der Waals surface area contributed by atoms with Gasteiger partial charge in [0.05, 0.1) is 19.8 Å². The Kier molecular flexibility index (Phi) is 12.2. The van der Waals surface area contributed by atoms with E-state index < -0.39 is 19.0 Å². The van der Waals surface area contributed by atoms with Crippen LogP contribution in [0.4, 0.5) is 0 Å². The summed E-state index contributed by atoms with van der Waals surface area (Å²) in [6.45, 7) is 6.53. The van der Waals surface area contributed by atoms with Gasteiger partial charge in [-0.05, 0) is 82.8 Å². The molecule has 2 aromatic rings. The summed E-state index contributed by atoms with van der Waals surface area (Å²) in [6.07, 6.45) is 1.26. The van der Waals surface area contributed by atoms with Gasteiger partial charge in [0.2, 0.25) is 0 Å². The minimum absolute atomic E-state index is 0.117. The van der Waals surface area contributed by atoms with Crippen LogP contribution in [0.5, 0.6) is 11.5 Å². The second-order valence-corrected chi connectivity index (χ2v) is 12.4. The average molecular weight is 581 g/mol. The van der Waals surface area contributed by atoms with Gasteiger partial charge in [-0.2, -0.15) is 0 Å². The van der Waals surface area contributed by atoms with Crippen LogP contribution in [0.3, 0.4) is 0 Å². The first kappa shape index (κ1) is 34.2. The van der Waals surface area contributed by atoms with Gasteiger partial charge in [-0.1, -0.05) is 45.0 Å². The zero-order chi connectivity index (χ0) is 30.3. The van der Waals surface area contributed by atoms with Gasteiger partial charge in [-0.25, -0.2) is 4.57 Å². The Morgan fingerprint density at radius 2 is 1.45 bits per heavy atom. The van der Waals surface area contributed by atoms with E-state index in [0.717, 1.165) is 5.56 Å². The quantitative estimate of drug-likeness (QED) is 0.240. The fourth-order valence-corrected chi connectivity index (χ4v) is 6.81. The number of methoxy groups -OCH3 is 2. The van der Waals surface area contributed by atoms with Crippen molar-refractivity contribution in [2.24, 2.45) is 11.8 Å². The van der Waals surface area contributed by atoms with Crippen LogP contribution in [0.15, 0.2) is 48.5 Å². The molecule has 2 rings (SSSR count). The Labute approximate surface area is 240 Å². The lowest BCUT2D eigenvalue weighted by Gasteiger charge is -2.45. The summed E-state index contributed by atoms with van der Waals surface area (Å²) in [5.74, 6) is 0.742. The Morgan fingerprint density at radius 3 is 1.90 bits per heavy atom. The fourth-order valence-electron chi connectivity index (χ4n) is 5.99. The number of phosphoric acid groups is 1. The van der Waals surface area contributed by atoms with Gasteiger partial charge in [0.1, 0.15) is 17.1 Å². The molecule has 3 N–H and O–H groups in total. The fraction of sp³-hybridized carbons (Fsp3) is 0.600. The number of phosphoric ester groups is 1. The van der Waals surface area contributed by atoms with Crippen LogP contribution in [0.2, 0.25) is 0 Å². The zero-order valence-corrected chi connectivity index (χ0v) is 26.4. The highest BCUT2D eigenvalue weighted by Gasteiger charge is 2.47. The Bertz CT molecular complexity index is 1120. The van der Waals surface area contributed by atoms with Gasteiger partial charge < -0.3 is 34.2 Å². The maximum atomic E-state index is 12.4. The number of rotatable bonds is 16. The second-order valence-electron chi connectivity index (χ2n) is 11.2. The third-order valence-corrected chi connectivity index (χ3v) is 8.75. The SMILES string of the molecule is CCC(OP(=O)(O)O)(c1cccc(OC)c1)C(C)C(CC[C@@](O)(c1cccc(OC)c1)[C@H](C)CN(C)C)N(C)C. The van der Waals surface area contributed by atoms with E-state index in [-0.39, 0.29) is 17.9 Å². The minimum Gasteiger partial charge on any atom is -0.497 e. The van der Waals surface area contributed by atoms with Gasteiger partial charge in [0, 0.05) is 24.4 Å². The van der Waals surface area contributed by atoms with Crippen LogP contribution < -0.4 is 9.47 Å². The topological polar surface area (TPSA) is 112 Å². The highest BCUT2D eigenvalue weighted by atomic mass is 31.2. The van der Waals surface area contributed by atoms with Crippen molar-refractivity contribution in [1.29, 1.82) is 0 Å². The molecule has 10 heteroatoms. The summed E-state index contributed by atoms with van der Waals surface area (Å²) >= 11 is 0. The lowest BCUT2D eigenvalue weighted by Crippen LogP contribution is -2.48. The van der Waals surface area contributed by atoms with Gasteiger partial charge in [-0.3, -0.25) is 4.52 Å². The molecule has 0 aliphatic rings. The summed E-state index contributed by atoms with van der Waals surface area (Å²) in [6, 6.07) is 14.5. The third kappa shape index (κ3) is 8.29. The first-order valence-corrected chi connectivity index (χ1v) is 15.3. The van der Waals surface area contributed by atoms with Crippen molar-refractivity contribution in [1.82, 2.24) is 9.80 Å². The molecule has 0 saturated carbocycles. The number of benzene rings is 2. The lowest BCUT2D eigenvalue weighted by atomic mass is 9.72. The molecule has 0 bridgehead atoms. The van der Waals surface area contributed by atoms with Gasteiger partial charge in [0.25, 0.3) is 0 Å². The van der Waals surface area contributed by atoms with Crippen LogP contribution in [0.1, 0.15) is 51.2 Å². The van der Waals surface area contributed by atoms with Crippen LogP contribution >= 0.6 is 7.82 Å². The number of hydrogen-bond donors (Lipinski definition) is 3. The Balaban J connectivity index is 2.58. The molecule has 0 saturated heterocycles. The first-order valence-electron chi connectivity index (χ1n) is 13.7. The van der Waals surface area contributed by atoms with E-state index in [1.807, 2.05) is 84.2 Å². The van der Waals surface area contributed by atoms with Crippen molar-refractivity contribution >= 4 is 7.82 Å². The highest BCUT2D eigenvalue weighted by molar-refractivity contribution is 7.46. The molecular weight excluding hydrogens is 531 g/mol. The predicted molar refractivity (Wildman–Crippen MR) is 159 cm³/mol. The molecule has 0 radical (unpaired) electrons. The lowest BCUT2D eigenvalue weighted by molar-refractivity contribution is -0.0658. The highest BCUT2D eigenvalue weighted by Crippen LogP contribution is 2.53. The summed E-state index contributed by atoms with van der Waals surface area (Å²) in [4.78, 5) is 24.2. The van der Waals surface area contributed by atoms with E-state index in [4.69, 9.17) is 14.0 Å². The molecule has 0 heterocycles. The number of aliphatic hydroxyl groups is 1.